The molecular formula is C13H15FN4S. The van der Waals surface area contributed by atoms with Crippen LogP contribution in [0.15, 0.2) is 35.5 Å². The molecule has 2 N–H and O–H groups in total. The molecule has 0 saturated heterocycles. The molecule has 0 saturated carbocycles. The van der Waals surface area contributed by atoms with Crippen molar-refractivity contribution in [2.75, 3.05) is 23.9 Å². The lowest BCUT2D eigenvalue weighted by Gasteiger charge is -2.09. The Kier molecular flexibility index (Phi) is 4.57. The van der Waals surface area contributed by atoms with E-state index in [2.05, 4.69) is 20.6 Å². The largest absolute Gasteiger partial charge is 0.373 e. The normalized spacial score (nSPS) is 10.3. The third-order valence-corrected chi connectivity index (χ3v) is 3.08. The second-order valence-corrected chi connectivity index (χ2v) is 4.63. The van der Waals surface area contributed by atoms with E-state index in [1.54, 1.807) is 12.1 Å². The predicted molar refractivity (Wildman–Crippen MR) is 77.1 cm³/mol. The van der Waals surface area contributed by atoms with Crippen molar-refractivity contribution in [2.24, 2.45) is 0 Å². The van der Waals surface area contributed by atoms with Crippen molar-refractivity contribution >= 4 is 23.4 Å². The van der Waals surface area contributed by atoms with Gasteiger partial charge in [0, 0.05) is 19.7 Å². The molecule has 1 heterocycles. The number of halogens is 1. The summed E-state index contributed by atoms with van der Waals surface area (Å²) in [6.07, 6.45) is 1.93. The monoisotopic (exact) mass is 278 g/mol. The van der Waals surface area contributed by atoms with Crippen LogP contribution in [-0.2, 0) is 6.54 Å². The minimum absolute atomic E-state index is 0.229. The third-order valence-electron chi connectivity index (χ3n) is 2.53. The standard InChI is InChI=1S/C13H15FN4S/c1-15-11-7-12(18-13(17-11)19-2)16-8-9-3-5-10(14)6-4-9/h3-7H,8H2,1-2H3,(H2,15,16,17,18). The van der Waals surface area contributed by atoms with Gasteiger partial charge in [-0.25, -0.2) is 14.4 Å². The molecule has 1 aromatic carbocycles. The maximum Gasteiger partial charge on any atom is 0.191 e. The van der Waals surface area contributed by atoms with E-state index >= 15 is 0 Å². The highest BCUT2D eigenvalue weighted by Crippen LogP contribution is 2.17. The second kappa shape index (κ2) is 6.38. The molecule has 0 aliphatic carbocycles. The first kappa shape index (κ1) is 13.6. The van der Waals surface area contributed by atoms with Gasteiger partial charge in [-0.2, -0.15) is 0 Å². The second-order valence-electron chi connectivity index (χ2n) is 3.86. The molecule has 0 fully saturated rings. The summed E-state index contributed by atoms with van der Waals surface area (Å²) in [6, 6.07) is 8.23. The van der Waals surface area contributed by atoms with Gasteiger partial charge < -0.3 is 10.6 Å². The number of nitrogens with zero attached hydrogens (tertiary/aromatic N) is 2. The van der Waals surface area contributed by atoms with Gasteiger partial charge in [-0.3, -0.25) is 0 Å². The fraction of sp³-hybridized carbons (Fsp3) is 0.231. The molecule has 0 unspecified atom stereocenters. The number of aromatic nitrogens is 2. The van der Waals surface area contributed by atoms with Gasteiger partial charge in [0.25, 0.3) is 0 Å². The molecule has 2 rings (SSSR count). The van der Waals surface area contributed by atoms with E-state index in [4.69, 9.17) is 0 Å². The van der Waals surface area contributed by atoms with Gasteiger partial charge in [-0.05, 0) is 24.0 Å². The van der Waals surface area contributed by atoms with Crippen molar-refractivity contribution in [2.45, 2.75) is 11.7 Å². The maximum absolute atomic E-state index is 12.8. The van der Waals surface area contributed by atoms with Crippen LogP contribution in [0, 0.1) is 5.82 Å². The lowest BCUT2D eigenvalue weighted by Crippen LogP contribution is -2.04. The highest BCUT2D eigenvalue weighted by Gasteiger charge is 2.03. The van der Waals surface area contributed by atoms with Gasteiger partial charge in [-0.1, -0.05) is 23.9 Å². The van der Waals surface area contributed by atoms with Crippen LogP contribution in [0.2, 0.25) is 0 Å². The SMILES string of the molecule is CNc1cc(NCc2ccc(F)cc2)nc(SC)n1. The molecule has 4 nitrogen and oxygen atoms in total. The fourth-order valence-corrected chi connectivity index (χ4v) is 1.91. The van der Waals surface area contributed by atoms with Gasteiger partial charge in [-0.15, -0.1) is 0 Å². The van der Waals surface area contributed by atoms with Crippen LogP contribution in [0.1, 0.15) is 5.56 Å². The lowest BCUT2D eigenvalue weighted by molar-refractivity contribution is 0.627. The molecule has 0 radical (unpaired) electrons. The number of benzene rings is 1. The van der Waals surface area contributed by atoms with Crippen molar-refractivity contribution in [3.8, 4) is 0 Å². The topological polar surface area (TPSA) is 49.8 Å². The van der Waals surface area contributed by atoms with Gasteiger partial charge in [0.05, 0.1) is 0 Å². The van der Waals surface area contributed by atoms with Crippen molar-refractivity contribution in [3.05, 3.63) is 41.7 Å². The molecule has 1 aromatic heterocycles. The summed E-state index contributed by atoms with van der Waals surface area (Å²) in [5, 5.41) is 6.90. The van der Waals surface area contributed by atoms with E-state index in [9.17, 15) is 4.39 Å². The van der Waals surface area contributed by atoms with E-state index in [1.807, 2.05) is 19.4 Å². The molecule has 0 amide bonds. The number of anilines is 2. The third kappa shape index (κ3) is 3.82. The van der Waals surface area contributed by atoms with Gasteiger partial charge in [0.15, 0.2) is 5.16 Å². The first-order chi connectivity index (χ1) is 9.21. The minimum atomic E-state index is -0.229. The van der Waals surface area contributed by atoms with Crippen molar-refractivity contribution < 1.29 is 4.39 Å². The number of thioether (sulfide) groups is 1. The highest BCUT2D eigenvalue weighted by molar-refractivity contribution is 7.98. The zero-order valence-electron chi connectivity index (χ0n) is 10.8. The van der Waals surface area contributed by atoms with Crippen molar-refractivity contribution in [1.29, 1.82) is 0 Å². The van der Waals surface area contributed by atoms with Gasteiger partial charge in [0.1, 0.15) is 17.5 Å². The zero-order valence-corrected chi connectivity index (χ0v) is 11.6. The predicted octanol–water partition coefficient (Wildman–Crippen LogP) is 2.99. The Morgan fingerprint density at radius 2 is 1.84 bits per heavy atom. The molecule has 0 atom stereocenters. The molecule has 0 aliphatic rings. The van der Waals surface area contributed by atoms with Gasteiger partial charge in [0.2, 0.25) is 0 Å². The highest BCUT2D eigenvalue weighted by atomic mass is 32.2. The molecule has 100 valence electrons. The number of nitrogens with one attached hydrogen (secondary N) is 2. The van der Waals surface area contributed by atoms with E-state index in [0.717, 1.165) is 17.2 Å². The van der Waals surface area contributed by atoms with E-state index in [0.29, 0.717) is 11.7 Å². The summed E-state index contributed by atoms with van der Waals surface area (Å²) in [4.78, 5) is 8.65. The molecule has 0 aliphatic heterocycles. The smallest absolute Gasteiger partial charge is 0.191 e. The Morgan fingerprint density at radius 3 is 2.47 bits per heavy atom. The summed E-state index contributed by atoms with van der Waals surface area (Å²) in [5.41, 5.74) is 0.997. The molecule has 19 heavy (non-hydrogen) atoms. The van der Waals surface area contributed by atoms with Crippen LogP contribution in [-0.4, -0.2) is 23.3 Å². The Hall–Kier alpha value is -1.82. The van der Waals surface area contributed by atoms with Crippen LogP contribution in [0.3, 0.4) is 0 Å². The molecule has 0 bridgehead atoms. The zero-order chi connectivity index (χ0) is 13.7. The first-order valence-electron chi connectivity index (χ1n) is 5.80. The Bertz CT molecular complexity index is 523. The molecule has 6 heteroatoms. The summed E-state index contributed by atoms with van der Waals surface area (Å²) in [6.45, 7) is 0.592. The van der Waals surface area contributed by atoms with Crippen LogP contribution in [0.5, 0.6) is 0 Å². The summed E-state index contributed by atoms with van der Waals surface area (Å²) in [5.74, 6) is 1.28. The minimum Gasteiger partial charge on any atom is -0.373 e. The summed E-state index contributed by atoms with van der Waals surface area (Å²) < 4.78 is 12.8. The molecular weight excluding hydrogens is 263 g/mol. The lowest BCUT2D eigenvalue weighted by atomic mass is 10.2. The average molecular weight is 278 g/mol. The van der Waals surface area contributed by atoms with Gasteiger partial charge >= 0.3 is 0 Å². The Labute approximate surface area is 115 Å². The first-order valence-corrected chi connectivity index (χ1v) is 7.03. The summed E-state index contributed by atoms with van der Waals surface area (Å²) >= 11 is 1.48. The maximum atomic E-state index is 12.8. The van der Waals surface area contributed by atoms with Crippen LogP contribution >= 0.6 is 11.8 Å². The number of rotatable bonds is 5. The Morgan fingerprint density at radius 1 is 1.16 bits per heavy atom. The quantitative estimate of drug-likeness (QED) is 0.650. The molecule has 0 spiro atoms. The van der Waals surface area contributed by atoms with Crippen LogP contribution < -0.4 is 10.6 Å². The van der Waals surface area contributed by atoms with Crippen LogP contribution in [0.25, 0.3) is 0 Å². The van der Waals surface area contributed by atoms with E-state index in [-0.39, 0.29) is 5.82 Å². The Balaban J connectivity index is 2.08. The van der Waals surface area contributed by atoms with E-state index < -0.39 is 0 Å². The van der Waals surface area contributed by atoms with Crippen molar-refractivity contribution in [3.63, 3.8) is 0 Å². The fourth-order valence-electron chi connectivity index (χ4n) is 1.53. The average Bonchev–Trinajstić information content (AvgIpc) is 2.46. The van der Waals surface area contributed by atoms with Crippen molar-refractivity contribution in [1.82, 2.24) is 9.97 Å². The van der Waals surface area contributed by atoms with E-state index in [1.165, 1.54) is 23.9 Å². The number of hydrogen-bond donors (Lipinski definition) is 2. The molecule has 2 aromatic rings. The number of hydrogen-bond acceptors (Lipinski definition) is 5. The summed E-state index contributed by atoms with van der Waals surface area (Å²) in [7, 11) is 1.82. The van der Waals surface area contributed by atoms with Crippen LogP contribution in [0.4, 0.5) is 16.0 Å².